The van der Waals surface area contributed by atoms with Gasteiger partial charge in [-0.15, -0.1) is 11.3 Å². The molecule has 0 aliphatic rings. The van der Waals surface area contributed by atoms with Gasteiger partial charge in [0.05, 0.1) is 16.4 Å². The molecule has 3 rings (SSSR count). The summed E-state index contributed by atoms with van der Waals surface area (Å²) in [6, 6.07) is 10.4. The summed E-state index contributed by atoms with van der Waals surface area (Å²) in [5.41, 5.74) is 0.508. The molecule has 0 aliphatic heterocycles. The third-order valence-corrected chi connectivity index (χ3v) is 4.98. The van der Waals surface area contributed by atoms with E-state index in [0.29, 0.717) is 10.7 Å². The Balaban J connectivity index is 1.76. The van der Waals surface area contributed by atoms with Crippen LogP contribution in [-0.4, -0.2) is 16.9 Å². The van der Waals surface area contributed by atoms with Crippen LogP contribution in [0.4, 0.5) is 15.2 Å². The lowest BCUT2D eigenvalue weighted by Gasteiger charge is -2.18. The summed E-state index contributed by atoms with van der Waals surface area (Å²) in [6.07, 6.45) is 2.59. The quantitative estimate of drug-likeness (QED) is 0.276. The molecule has 0 bridgehead atoms. The van der Waals surface area contributed by atoms with E-state index in [2.05, 4.69) is 4.98 Å². The normalized spacial score (nSPS) is 10.9. The van der Waals surface area contributed by atoms with Gasteiger partial charge in [0.2, 0.25) is 5.91 Å². The molecular formula is C20H13Cl2FN2O3S. The second-order valence-corrected chi connectivity index (χ2v) is 7.37. The number of amides is 1. The zero-order valence-corrected chi connectivity index (χ0v) is 17.3. The van der Waals surface area contributed by atoms with Crippen LogP contribution in [0.2, 0.25) is 10.0 Å². The monoisotopic (exact) mass is 450 g/mol. The molecule has 0 unspecified atom stereocenters. The number of carbonyl (C=O) groups is 2. The van der Waals surface area contributed by atoms with Crippen molar-refractivity contribution in [3.05, 3.63) is 75.5 Å². The first-order valence-corrected chi connectivity index (χ1v) is 9.84. The van der Waals surface area contributed by atoms with Crippen molar-refractivity contribution in [1.29, 1.82) is 0 Å². The maximum absolute atomic E-state index is 14.1. The molecule has 3 aromatic rings. The van der Waals surface area contributed by atoms with E-state index < -0.39 is 17.7 Å². The molecule has 5 nitrogen and oxygen atoms in total. The highest BCUT2D eigenvalue weighted by atomic mass is 35.5. The highest BCUT2D eigenvalue weighted by molar-refractivity contribution is 7.14. The summed E-state index contributed by atoms with van der Waals surface area (Å²) < 4.78 is 19.2. The standard InChI is InChI=1S/C20H13Cl2FN2O3S/c1-12(26)25(17-5-3-2-4-16(17)23)20-24-14(11-29-20)7-9-19(27)28-18-8-6-13(21)10-15(18)22/h2-11H,1H3/b9-7+. The second kappa shape index (κ2) is 9.17. The average molecular weight is 451 g/mol. The summed E-state index contributed by atoms with van der Waals surface area (Å²) in [4.78, 5) is 29.5. The zero-order chi connectivity index (χ0) is 21.0. The summed E-state index contributed by atoms with van der Waals surface area (Å²) >= 11 is 12.9. The van der Waals surface area contributed by atoms with Crippen molar-refractivity contribution in [1.82, 2.24) is 4.98 Å². The highest BCUT2D eigenvalue weighted by Crippen LogP contribution is 2.31. The Morgan fingerprint density at radius 3 is 2.66 bits per heavy atom. The maximum atomic E-state index is 14.1. The van der Waals surface area contributed by atoms with Crippen molar-refractivity contribution in [2.45, 2.75) is 6.92 Å². The Bertz CT molecular complexity index is 1100. The Hall–Kier alpha value is -2.74. The van der Waals surface area contributed by atoms with Crippen molar-refractivity contribution < 1.29 is 18.7 Å². The number of carbonyl (C=O) groups excluding carboxylic acids is 2. The SMILES string of the molecule is CC(=O)N(c1nc(/C=C/C(=O)Oc2ccc(Cl)cc2Cl)cs1)c1ccccc1F. The molecule has 0 atom stereocenters. The third-order valence-electron chi connectivity index (χ3n) is 3.60. The van der Waals surface area contributed by atoms with E-state index in [1.54, 1.807) is 17.5 Å². The molecule has 9 heteroatoms. The molecule has 0 saturated heterocycles. The molecular weight excluding hydrogens is 438 g/mol. The van der Waals surface area contributed by atoms with Crippen LogP contribution in [-0.2, 0) is 9.59 Å². The molecule has 0 aliphatic carbocycles. The fourth-order valence-corrected chi connectivity index (χ4v) is 3.64. The number of nitrogens with zero attached hydrogens (tertiary/aromatic N) is 2. The van der Waals surface area contributed by atoms with Gasteiger partial charge in [-0.25, -0.2) is 14.2 Å². The number of rotatable bonds is 5. The van der Waals surface area contributed by atoms with Crippen molar-refractivity contribution in [3.63, 3.8) is 0 Å². The summed E-state index contributed by atoms with van der Waals surface area (Å²) in [6.45, 7) is 1.32. The minimum atomic E-state index is -0.665. The van der Waals surface area contributed by atoms with Crippen molar-refractivity contribution >= 4 is 63.3 Å². The van der Waals surface area contributed by atoms with E-state index in [0.717, 1.165) is 11.3 Å². The first-order chi connectivity index (χ1) is 13.8. The van der Waals surface area contributed by atoms with Gasteiger partial charge in [-0.3, -0.25) is 9.69 Å². The number of aromatic nitrogens is 1. The smallest absolute Gasteiger partial charge is 0.336 e. The molecule has 0 spiro atoms. The van der Waals surface area contributed by atoms with Gasteiger partial charge in [-0.2, -0.15) is 0 Å². The second-order valence-electron chi connectivity index (χ2n) is 5.69. The van der Waals surface area contributed by atoms with Crippen LogP contribution in [0.15, 0.2) is 53.9 Å². The predicted octanol–water partition coefficient (Wildman–Crippen LogP) is 5.89. The lowest BCUT2D eigenvalue weighted by molar-refractivity contribution is -0.128. The van der Waals surface area contributed by atoms with Crippen LogP contribution >= 0.6 is 34.5 Å². The predicted molar refractivity (Wildman–Crippen MR) is 112 cm³/mol. The topological polar surface area (TPSA) is 59.5 Å². The lowest BCUT2D eigenvalue weighted by Crippen LogP contribution is -2.23. The number of halogens is 3. The fraction of sp³-hybridized carbons (Fsp3) is 0.0500. The van der Waals surface area contributed by atoms with Gasteiger partial charge in [-0.05, 0) is 36.4 Å². The molecule has 0 N–H and O–H groups in total. The van der Waals surface area contributed by atoms with E-state index in [1.807, 2.05) is 0 Å². The number of anilines is 2. The van der Waals surface area contributed by atoms with Crippen LogP contribution in [0, 0.1) is 5.82 Å². The number of hydrogen-bond acceptors (Lipinski definition) is 5. The molecule has 0 saturated carbocycles. The molecule has 29 heavy (non-hydrogen) atoms. The molecule has 148 valence electrons. The van der Waals surface area contributed by atoms with Crippen LogP contribution in [0.25, 0.3) is 6.08 Å². The Morgan fingerprint density at radius 2 is 1.97 bits per heavy atom. The van der Waals surface area contributed by atoms with Gasteiger partial charge in [0, 0.05) is 23.4 Å². The largest absolute Gasteiger partial charge is 0.422 e. The van der Waals surface area contributed by atoms with E-state index in [-0.39, 0.29) is 21.6 Å². The molecule has 0 fully saturated rings. The first kappa shape index (κ1) is 21.0. The van der Waals surface area contributed by atoms with E-state index >= 15 is 0 Å². The molecule has 1 aromatic heterocycles. The molecule has 1 amide bonds. The van der Waals surface area contributed by atoms with Gasteiger partial charge >= 0.3 is 5.97 Å². The van der Waals surface area contributed by atoms with Gasteiger partial charge in [0.25, 0.3) is 0 Å². The fourth-order valence-electron chi connectivity index (χ4n) is 2.35. The summed E-state index contributed by atoms with van der Waals surface area (Å²) in [5, 5.41) is 2.53. The summed E-state index contributed by atoms with van der Waals surface area (Å²) in [5.74, 6) is -1.43. The van der Waals surface area contributed by atoms with E-state index in [9.17, 15) is 14.0 Å². The summed E-state index contributed by atoms with van der Waals surface area (Å²) in [7, 11) is 0. The van der Waals surface area contributed by atoms with E-state index in [4.69, 9.17) is 27.9 Å². The third kappa shape index (κ3) is 5.20. The Kier molecular flexibility index (Phi) is 6.64. The number of ether oxygens (including phenoxy) is 1. The molecule has 0 radical (unpaired) electrons. The first-order valence-electron chi connectivity index (χ1n) is 8.21. The van der Waals surface area contributed by atoms with Crippen LogP contribution < -0.4 is 9.64 Å². The molecule has 1 heterocycles. The maximum Gasteiger partial charge on any atom is 0.336 e. The van der Waals surface area contributed by atoms with Crippen LogP contribution in [0.3, 0.4) is 0 Å². The number of esters is 1. The van der Waals surface area contributed by atoms with Gasteiger partial charge < -0.3 is 4.74 Å². The van der Waals surface area contributed by atoms with Gasteiger partial charge in [0.1, 0.15) is 11.6 Å². The van der Waals surface area contributed by atoms with Crippen molar-refractivity contribution in [2.75, 3.05) is 4.90 Å². The Morgan fingerprint density at radius 1 is 1.21 bits per heavy atom. The van der Waals surface area contributed by atoms with Gasteiger partial charge in [0.15, 0.2) is 5.13 Å². The van der Waals surface area contributed by atoms with Crippen LogP contribution in [0.5, 0.6) is 5.75 Å². The number of thiazole rings is 1. The van der Waals surface area contributed by atoms with Crippen molar-refractivity contribution in [2.24, 2.45) is 0 Å². The number of benzene rings is 2. The van der Waals surface area contributed by atoms with Gasteiger partial charge in [-0.1, -0.05) is 35.3 Å². The molecule has 2 aromatic carbocycles. The minimum Gasteiger partial charge on any atom is -0.422 e. The number of hydrogen-bond donors (Lipinski definition) is 0. The minimum absolute atomic E-state index is 0.0988. The van der Waals surface area contributed by atoms with Crippen molar-refractivity contribution in [3.8, 4) is 5.75 Å². The number of para-hydroxylation sites is 1. The Labute approximate surface area is 180 Å². The average Bonchev–Trinajstić information content (AvgIpc) is 3.12. The lowest BCUT2D eigenvalue weighted by atomic mass is 10.3. The van der Waals surface area contributed by atoms with Crippen LogP contribution in [0.1, 0.15) is 12.6 Å². The van der Waals surface area contributed by atoms with E-state index in [1.165, 1.54) is 54.3 Å². The zero-order valence-electron chi connectivity index (χ0n) is 14.9. The highest BCUT2D eigenvalue weighted by Gasteiger charge is 2.20.